The van der Waals surface area contributed by atoms with Gasteiger partial charge in [0.2, 0.25) is 0 Å². The van der Waals surface area contributed by atoms with Crippen molar-refractivity contribution < 1.29 is 0 Å². The number of aromatic nitrogens is 2. The van der Waals surface area contributed by atoms with E-state index in [0.29, 0.717) is 0 Å². The number of aromatic amines is 1. The first-order valence-corrected chi connectivity index (χ1v) is 5.41. The van der Waals surface area contributed by atoms with E-state index in [1.54, 1.807) is 17.7 Å². The van der Waals surface area contributed by atoms with E-state index in [0.717, 1.165) is 18.5 Å². The molecule has 0 spiro atoms. The lowest BCUT2D eigenvalue weighted by atomic mass is 10.1. The SMILES string of the molecule is C=CCc1sccc1Cc1cnc[nH]1. The minimum absolute atomic E-state index is 0.937. The lowest BCUT2D eigenvalue weighted by Gasteiger charge is -1.98. The Kier molecular flexibility index (Phi) is 2.79. The van der Waals surface area contributed by atoms with Crippen LogP contribution < -0.4 is 0 Å². The van der Waals surface area contributed by atoms with E-state index in [-0.39, 0.29) is 0 Å². The van der Waals surface area contributed by atoms with Crippen molar-refractivity contribution in [1.29, 1.82) is 0 Å². The van der Waals surface area contributed by atoms with Gasteiger partial charge in [-0.3, -0.25) is 0 Å². The second-order valence-electron chi connectivity index (χ2n) is 3.12. The summed E-state index contributed by atoms with van der Waals surface area (Å²) in [6, 6.07) is 2.17. The fourth-order valence-electron chi connectivity index (χ4n) is 1.42. The van der Waals surface area contributed by atoms with Crippen molar-refractivity contribution in [2.24, 2.45) is 0 Å². The lowest BCUT2D eigenvalue weighted by molar-refractivity contribution is 1.09. The molecule has 0 aliphatic carbocycles. The number of allylic oxidation sites excluding steroid dienone is 1. The van der Waals surface area contributed by atoms with Gasteiger partial charge in [-0.05, 0) is 23.4 Å². The second-order valence-corrected chi connectivity index (χ2v) is 4.12. The molecular formula is C11H12N2S. The van der Waals surface area contributed by atoms with Crippen molar-refractivity contribution in [1.82, 2.24) is 9.97 Å². The summed E-state index contributed by atoms with van der Waals surface area (Å²) in [5.74, 6) is 0. The molecule has 0 radical (unpaired) electrons. The number of rotatable bonds is 4. The topological polar surface area (TPSA) is 28.7 Å². The van der Waals surface area contributed by atoms with Crippen molar-refractivity contribution in [3.63, 3.8) is 0 Å². The molecule has 0 atom stereocenters. The van der Waals surface area contributed by atoms with Crippen molar-refractivity contribution in [2.75, 3.05) is 0 Å². The van der Waals surface area contributed by atoms with Gasteiger partial charge in [0, 0.05) is 23.2 Å². The van der Waals surface area contributed by atoms with E-state index in [2.05, 4.69) is 28.0 Å². The zero-order valence-electron chi connectivity index (χ0n) is 7.86. The molecule has 0 aromatic carbocycles. The third-order valence-corrected chi connectivity index (χ3v) is 3.09. The Bertz CT molecular complexity index is 401. The van der Waals surface area contributed by atoms with Gasteiger partial charge < -0.3 is 4.98 Å². The number of imidazole rings is 1. The molecule has 2 aromatic heterocycles. The number of nitrogens with one attached hydrogen (secondary N) is 1. The molecule has 2 aromatic rings. The highest BCUT2D eigenvalue weighted by Crippen LogP contribution is 2.20. The largest absolute Gasteiger partial charge is 0.348 e. The molecule has 0 bridgehead atoms. The van der Waals surface area contributed by atoms with Crippen LogP contribution in [0, 0.1) is 0 Å². The number of nitrogens with zero attached hydrogens (tertiary/aromatic N) is 1. The zero-order valence-corrected chi connectivity index (χ0v) is 8.68. The minimum Gasteiger partial charge on any atom is -0.348 e. The van der Waals surface area contributed by atoms with Gasteiger partial charge >= 0.3 is 0 Å². The molecule has 72 valence electrons. The van der Waals surface area contributed by atoms with Crippen LogP contribution >= 0.6 is 11.3 Å². The monoisotopic (exact) mass is 204 g/mol. The third-order valence-electron chi connectivity index (χ3n) is 2.10. The van der Waals surface area contributed by atoms with E-state index in [1.165, 1.54) is 10.4 Å². The van der Waals surface area contributed by atoms with Gasteiger partial charge in [0.15, 0.2) is 0 Å². The maximum absolute atomic E-state index is 4.01. The van der Waals surface area contributed by atoms with Crippen molar-refractivity contribution >= 4 is 11.3 Å². The van der Waals surface area contributed by atoms with Crippen LogP contribution in [0.25, 0.3) is 0 Å². The minimum atomic E-state index is 0.937. The molecule has 2 heterocycles. The van der Waals surface area contributed by atoms with Crippen molar-refractivity contribution in [2.45, 2.75) is 12.8 Å². The average molecular weight is 204 g/mol. The van der Waals surface area contributed by atoms with Crippen molar-refractivity contribution in [3.05, 3.63) is 52.8 Å². The predicted octanol–water partition coefficient (Wildman–Crippen LogP) is 2.79. The highest BCUT2D eigenvalue weighted by molar-refractivity contribution is 7.10. The Labute approximate surface area is 87.3 Å². The molecule has 14 heavy (non-hydrogen) atoms. The Morgan fingerprint density at radius 2 is 2.50 bits per heavy atom. The number of hydrogen-bond donors (Lipinski definition) is 1. The quantitative estimate of drug-likeness (QED) is 0.762. The Morgan fingerprint density at radius 1 is 1.57 bits per heavy atom. The maximum Gasteiger partial charge on any atom is 0.0921 e. The summed E-state index contributed by atoms with van der Waals surface area (Å²) < 4.78 is 0. The Morgan fingerprint density at radius 3 is 3.21 bits per heavy atom. The molecule has 3 heteroatoms. The number of hydrogen-bond acceptors (Lipinski definition) is 2. The highest BCUT2D eigenvalue weighted by atomic mass is 32.1. The number of thiophene rings is 1. The van der Waals surface area contributed by atoms with Crippen molar-refractivity contribution in [3.8, 4) is 0 Å². The standard InChI is InChI=1S/C11H12N2S/c1-2-3-11-9(4-5-14-11)6-10-7-12-8-13-10/h2,4-5,7-8H,1,3,6H2,(H,12,13). The molecular weight excluding hydrogens is 192 g/mol. The second kappa shape index (κ2) is 4.24. The normalized spacial score (nSPS) is 10.3. The summed E-state index contributed by atoms with van der Waals surface area (Å²) in [7, 11) is 0. The van der Waals surface area contributed by atoms with Gasteiger partial charge in [0.05, 0.1) is 6.33 Å². The summed E-state index contributed by atoms with van der Waals surface area (Å²) in [6.07, 6.45) is 7.43. The van der Waals surface area contributed by atoms with Gasteiger partial charge in [-0.1, -0.05) is 6.08 Å². The van der Waals surface area contributed by atoms with Gasteiger partial charge in [-0.15, -0.1) is 17.9 Å². The van der Waals surface area contributed by atoms with E-state index in [9.17, 15) is 0 Å². The van der Waals surface area contributed by atoms with Gasteiger partial charge in [0.1, 0.15) is 0 Å². The highest BCUT2D eigenvalue weighted by Gasteiger charge is 2.04. The molecule has 0 saturated carbocycles. The summed E-state index contributed by atoms with van der Waals surface area (Å²) in [6.45, 7) is 3.76. The number of H-pyrrole nitrogens is 1. The summed E-state index contributed by atoms with van der Waals surface area (Å²) in [4.78, 5) is 8.52. The van der Waals surface area contributed by atoms with Crippen LogP contribution in [0.5, 0.6) is 0 Å². The molecule has 0 aliphatic rings. The van der Waals surface area contributed by atoms with Gasteiger partial charge in [-0.25, -0.2) is 4.98 Å². The van der Waals surface area contributed by atoms with Crippen LogP contribution in [0.15, 0.2) is 36.6 Å². The van der Waals surface area contributed by atoms with E-state index in [1.807, 2.05) is 12.3 Å². The van der Waals surface area contributed by atoms with E-state index < -0.39 is 0 Å². The molecule has 0 saturated heterocycles. The van der Waals surface area contributed by atoms with Gasteiger partial charge in [0.25, 0.3) is 0 Å². The third kappa shape index (κ3) is 1.93. The summed E-state index contributed by atoms with van der Waals surface area (Å²) in [5, 5.41) is 2.13. The van der Waals surface area contributed by atoms with Crippen LogP contribution in [-0.2, 0) is 12.8 Å². The van der Waals surface area contributed by atoms with Gasteiger partial charge in [-0.2, -0.15) is 0 Å². The molecule has 2 nitrogen and oxygen atoms in total. The van der Waals surface area contributed by atoms with Crippen LogP contribution in [0.1, 0.15) is 16.1 Å². The zero-order chi connectivity index (χ0) is 9.80. The van der Waals surface area contributed by atoms with E-state index >= 15 is 0 Å². The molecule has 2 rings (SSSR count). The first-order valence-electron chi connectivity index (χ1n) is 4.53. The molecule has 1 N–H and O–H groups in total. The van der Waals surface area contributed by atoms with Crippen LogP contribution in [0.2, 0.25) is 0 Å². The van der Waals surface area contributed by atoms with Crippen LogP contribution in [-0.4, -0.2) is 9.97 Å². The van der Waals surface area contributed by atoms with Crippen LogP contribution in [0.4, 0.5) is 0 Å². The first kappa shape index (κ1) is 9.21. The smallest absolute Gasteiger partial charge is 0.0921 e. The molecule has 0 fully saturated rings. The summed E-state index contributed by atoms with van der Waals surface area (Å²) >= 11 is 1.79. The Balaban J connectivity index is 2.16. The average Bonchev–Trinajstić information content (AvgIpc) is 2.80. The molecule has 0 unspecified atom stereocenters. The first-order chi connectivity index (χ1) is 6.90. The van der Waals surface area contributed by atoms with E-state index in [4.69, 9.17) is 0 Å². The Hall–Kier alpha value is -1.35. The summed E-state index contributed by atoms with van der Waals surface area (Å²) in [5.41, 5.74) is 2.54. The lowest BCUT2D eigenvalue weighted by Crippen LogP contribution is -1.89. The molecule has 0 aliphatic heterocycles. The predicted molar refractivity (Wildman–Crippen MR) is 59.6 cm³/mol. The van der Waals surface area contributed by atoms with Crippen LogP contribution in [0.3, 0.4) is 0 Å². The maximum atomic E-state index is 4.01. The molecule has 0 amide bonds. The fraction of sp³-hybridized carbons (Fsp3) is 0.182. The fourth-order valence-corrected chi connectivity index (χ4v) is 2.32.